The molecule has 0 aromatic heterocycles. The normalized spacial score (nSPS) is 14.7. The van der Waals surface area contributed by atoms with Crippen LogP contribution in [0.2, 0.25) is 0 Å². The molecule has 0 heterocycles. The highest BCUT2D eigenvalue weighted by Crippen LogP contribution is 2.08. The molecule has 0 radical (unpaired) electrons. The third-order valence-electron chi connectivity index (χ3n) is 2.61. The molecule has 9 heteroatoms. The van der Waals surface area contributed by atoms with E-state index in [-0.39, 0.29) is 12.3 Å². The fourth-order valence-corrected chi connectivity index (χ4v) is 2.90. The van der Waals surface area contributed by atoms with Crippen molar-refractivity contribution < 1.29 is 23.1 Å². The van der Waals surface area contributed by atoms with Gasteiger partial charge in [-0.05, 0) is 30.8 Å². The van der Waals surface area contributed by atoms with Crippen LogP contribution in [0.3, 0.4) is 0 Å². The summed E-state index contributed by atoms with van der Waals surface area (Å²) in [6, 6.07) is -1.97. The van der Waals surface area contributed by atoms with E-state index in [9.17, 15) is 18.0 Å². The summed E-state index contributed by atoms with van der Waals surface area (Å²) in [5, 5.41) is 11.5. The van der Waals surface area contributed by atoms with E-state index in [1.807, 2.05) is 20.1 Å². The van der Waals surface area contributed by atoms with Crippen molar-refractivity contribution >= 4 is 33.7 Å². The van der Waals surface area contributed by atoms with E-state index in [2.05, 4.69) is 10.0 Å². The van der Waals surface area contributed by atoms with Gasteiger partial charge >= 0.3 is 5.97 Å². The molecule has 2 atom stereocenters. The lowest BCUT2D eigenvalue weighted by molar-refractivity contribution is -0.142. The quantitative estimate of drug-likeness (QED) is 0.526. The number of nitrogens with one attached hydrogen (secondary N) is 2. The highest BCUT2D eigenvalue weighted by Gasteiger charge is 2.27. The Kier molecular flexibility index (Phi) is 8.91. The van der Waals surface area contributed by atoms with E-state index in [1.54, 1.807) is 0 Å². The molecule has 0 aliphatic carbocycles. The van der Waals surface area contributed by atoms with Gasteiger partial charge in [-0.25, -0.2) is 17.9 Å². The molecule has 21 heavy (non-hydrogen) atoms. The van der Waals surface area contributed by atoms with Gasteiger partial charge in [0.15, 0.2) is 0 Å². The molecule has 1 amide bonds. The second kappa shape index (κ2) is 9.26. The van der Waals surface area contributed by atoms with E-state index in [1.165, 1.54) is 11.8 Å². The van der Waals surface area contributed by atoms with Gasteiger partial charge in [-0.1, -0.05) is 13.8 Å². The SMILES string of the molecule is CSCC[C@H](NC(=O)C(CC(C)C)NS(C)(=O)=O)C(=O)O. The van der Waals surface area contributed by atoms with E-state index in [4.69, 9.17) is 5.11 Å². The number of hydrogen-bond donors (Lipinski definition) is 3. The Morgan fingerprint density at radius 1 is 1.24 bits per heavy atom. The van der Waals surface area contributed by atoms with Crippen LogP contribution in [0.15, 0.2) is 0 Å². The molecular weight excluding hydrogens is 316 g/mol. The predicted molar refractivity (Wildman–Crippen MR) is 83.8 cm³/mol. The summed E-state index contributed by atoms with van der Waals surface area (Å²) in [6.07, 6.45) is 3.40. The average Bonchev–Trinajstić information content (AvgIpc) is 2.30. The number of carbonyl (C=O) groups excluding carboxylic acids is 1. The van der Waals surface area contributed by atoms with Gasteiger partial charge < -0.3 is 10.4 Å². The van der Waals surface area contributed by atoms with Gasteiger partial charge in [0.1, 0.15) is 12.1 Å². The van der Waals surface area contributed by atoms with Gasteiger partial charge in [0.25, 0.3) is 0 Å². The van der Waals surface area contributed by atoms with Crippen molar-refractivity contribution in [3.05, 3.63) is 0 Å². The number of carbonyl (C=O) groups is 2. The molecule has 0 rings (SSSR count). The Hall–Kier alpha value is -0.800. The molecule has 0 spiro atoms. The van der Waals surface area contributed by atoms with Crippen LogP contribution in [0.4, 0.5) is 0 Å². The number of carboxylic acid groups (broad SMARTS) is 1. The maximum Gasteiger partial charge on any atom is 0.326 e. The van der Waals surface area contributed by atoms with Gasteiger partial charge in [0, 0.05) is 0 Å². The van der Waals surface area contributed by atoms with Crippen LogP contribution in [-0.4, -0.2) is 55.7 Å². The van der Waals surface area contributed by atoms with Crippen LogP contribution >= 0.6 is 11.8 Å². The highest BCUT2D eigenvalue weighted by atomic mass is 32.2. The first kappa shape index (κ1) is 20.2. The minimum Gasteiger partial charge on any atom is -0.480 e. The number of amides is 1. The minimum absolute atomic E-state index is 0.0875. The maximum absolute atomic E-state index is 12.1. The standard InChI is InChI=1S/C12H24N2O5S2/c1-8(2)7-10(14-21(4,18)19)11(15)13-9(12(16)17)5-6-20-3/h8-10,14H,5-7H2,1-4H3,(H,13,15)(H,16,17)/t9-,10?/m0/s1. The Bertz CT molecular complexity index is 451. The first-order valence-electron chi connectivity index (χ1n) is 6.56. The van der Waals surface area contributed by atoms with E-state index in [0.717, 1.165) is 6.26 Å². The van der Waals surface area contributed by atoms with Crippen LogP contribution < -0.4 is 10.0 Å². The monoisotopic (exact) mass is 340 g/mol. The number of hydrogen-bond acceptors (Lipinski definition) is 5. The Morgan fingerprint density at radius 3 is 2.19 bits per heavy atom. The lowest BCUT2D eigenvalue weighted by atomic mass is 10.0. The molecule has 3 N–H and O–H groups in total. The molecule has 0 fully saturated rings. The summed E-state index contributed by atoms with van der Waals surface area (Å²) < 4.78 is 24.9. The van der Waals surface area contributed by atoms with E-state index in [0.29, 0.717) is 12.2 Å². The Labute approximate surface area is 130 Å². The largest absolute Gasteiger partial charge is 0.480 e. The lowest BCUT2D eigenvalue weighted by Gasteiger charge is -2.21. The molecule has 0 aromatic carbocycles. The number of rotatable bonds is 10. The molecule has 0 aromatic rings. The van der Waals surface area contributed by atoms with Gasteiger partial charge in [-0.3, -0.25) is 4.79 Å². The summed E-state index contributed by atoms with van der Waals surface area (Å²) in [5.74, 6) is -1.06. The highest BCUT2D eigenvalue weighted by molar-refractivity contribution is 7.98. The summed E-state index contributed by atoms with van der Waals surface area (Å²) in [6.45, 7) is 3.71. The average molecular weight is 340 g/mol. The smallest absolute Gasteiger partial charge is 0.326 e. The van der Waals surface area contributed by atoms with Crippen molar-refractivity contribution in [2.24, 2.45) is 5.92 Å². The van der Waals surface area contributed by atoms with Gasteiger partial charge in [-0.15, -0.1) is 0 Å². The zero-order valence-electron chi connectivity index (χ0n) is 12.8. The summed E-state index contributed by atoms with van der Waals surface area (Å²) in [7, 11) is -3.55. The Morgan fingerprint density at radius 2 is 1.81 bits per heavy atom. The van der Waals surface area contributed by atoms with E-state index < -0.39 is 34.0 Å². The second-order valence-electron chi connectivity index (χ2n) is 5.25. The first-order chi connectivity index (χ1) is 9.56. The van der Waals surface area contributed by atoms with Crippen LogP contribution in [0.1, 0.15) is 26.7 Å². The van der Waals surface area contributed by atoms with Crippen molar-refractivity contribution in [2.45, 2.75) is 38.8 Å². The molecule has 0 bridgehead atoms. The molecule has 0 saturated carbocycles. The van der Waals surface area contributed by atoms with Crippen LogP contribution in [0, 0.1) is 5.92 Å². The van der Waals surface area contributed by atoms with Crippen molar-refractivity contribution in [1.82, 2.24) is 10.0 Å². The fraction of sp³-hybridized carbons (Fsp3) is 0.833. The third-order valence-corrected chi connectivity index (χ3v) is 3.96. The van der Waals surface area contributed by atoms with Crippen molar-refractivity contribution in [3.63, 3.8) is 0 Å². The summed E-state index contributed by atoms with van der Waals surface area (Å²) in [5.41, 5.74) is 0. The fourth-order valence-electron chi connectivity index (χ4n) is 1.70. The number of aliphatic carboxylic acids is 1. The summed E-state index contributed by atoms with van der Waals surface area (Å²) >= 11 is 1.48. The molecule has 0 aliphatic heterocycles. The first-order valence-corrected chi connectivity index (χ1v) is 9.84. The lowest BCUT2D eigenvalue weighted by Crippen LogP contribution is -2.51. The molecule has 1 unspecified atom stereocenters. The molecular formula is C12H24N2O5S2. The number of sulfonamides is 1. The van der Waals surface area contributed by atoms with Gasteiger partial charge in [-0.2, -0.15) is 11.8 Å². The number of thioether (sulfide) groups is 1. The van der Waals surface area contributed by atoms with Crippen LogP contribution in [-0.2, 0) is 19.6 Å². The van der Waals surface area contributed by atoms with Crippen molar-refractivity contribution in [3.8, 4) is 0 Å². The predicted octanol–water partition coefficient (Wildman–Crippen LogP) is 0.273. The van der Waals surface area contributed by atoms with Crippen LogP contribution in [0.25, 0.3) is 0 Å². The van der Waals surface area contributed by atoms with Crippen molar-refractivity contribution in [1.29, 1.82) is 0 Å². The topological polar surface area (TPSA) is 113 Å². The maximum atomic E-state index is 12.1. The molecule has 0 saturated heterocycles. The van der Waals surface area contributed by atoms with Gasteiger partial charge in [0.05, 0.1) is 6.26 Å². The summed E-state index contributed by atoms with van der Waals surface area (Å²) in [4.78, 5) is 23.2. The third kappa shape index (κ3) is 9.70. The molecule has 124 valence electrons. The van der Waals surface area contributed by atoms with Crippen LogP contribution in [0.5, 0.6) is 0 Å². The molecule has 7 nitrogen and oxygen atoms in total. The van der Waals surface area contributed by atoms with E-state index >= 15 is 0 Å². The molecule has 0 aliphatic rings. The minimum atomic E-state index is -3.55. The number of carboxylic acids is 1. The Balaban J connectivity index is 4.88. The van der Waals surface area contributed by atoms with Gasteiger partial charge in [0.2, 0.25) is 15.9 Å². The van der Waals surface area contributed by atoms with Crippen molar-refractivity contribution in [2.75, 3.05) is 18.3 Å². The zero-order chi connectivity index (χ0) is 16.6. The zero-order valence-corrected chi connectivity index (χ0v) is 14.4. The second-order valence-corrected chi connectivity index (χ2v) is 8.02.